The smallest absolute Gasteiger partial charge is 0.224 e. The number of carbonyl (C=O) groups is 2. The maximum absolute atomic E-state index is 11.3. The Kier molecular flexibility index (Phi) is 5.75. The van der Waals surface area contributed by atoms with Crippen LogP contribution in [0, 0.1) is 0 Å². The summed E-state index contributed by atoms with van der Waals surface area (Å²) in [4.78, 5) is 26.0. The van der Waals surface area contributed by atoms with E-state index < -0.39 is 0 Å². The van der Waals surface area contributed by atoms with Gasteiger partial charge in [-0.2, -0.15) is 0 Å². The number of nitrogens with two attached hydrogens (primary N) is 2. The molecule has 2 saturated heterocycles. The number of carbonyl (C=O) groups excluding carboxylic acids is 2. The van der Waals surface area contributed by atoms with Gasteiger partial charge in [0.05, 0.1) is 0 Å². The molecular formula is C15H30N4O2. The normalized spacial score (nSPS) is 29.5. The molecule has 4 N–H and O–H groups in total. The van der Waals surface area contributed by atoms with Gasteiger partial charge >= 0.3 is 0 Å². The monoisotopic (exact) mass is 298 g/mol. The predicted octanol–water partition coefficient (Wildman–Crippen LogP) is 0.299. The third kappa shape index (κ3) is 4.97. The van der Waals surface area contributed by atoms with Gasteiger partial charge in [-0.3, -0.25) is 9.59 Å². The minimum atomic E-state index is -0.304. The van der Waals surface area contributed by atoms with Crippen molar-refractivity contribution in [2.45, 2.75) is 71.1 Å². The zero-order valence-electron chi connectivity index (χ0n) is 13.9. The lowest BCUT2D eigenvalue weighted by atomic mass is 10.0. The molecule has 0 saturated carbocycles. The fourth-order valence-electron chi connectivity index (χ4n) is 2.71. The van der Waals surface area contributed by atoms with Crippen LogP contribution in [0.1, 0.15) is 47.5 Å². The summed E-state index contributed by atoms with van der Waals surface area (Å²) in [5.74, 6) is 0.382. The highest BCUT2D eigenvalue weighted by atomic mass is 16.2. The average Bonchev–Trinajstić information content (AvgIpc) is 2.78. The fourth-order valence-corrected chi connectivity index (χ4v) is 2.71. The summed E-state index contributed by atoms with van der Waals surface area (Å²) in [6.45, 7) is 11.4. The summed E-state index contributed by atoms with van der Waals surface area (Å²) >= 11 is 0. The SMILES string of the molecule is CC(C)N1CC(C)(N)CC1=O.CC(C)N1CC(N)CC1=O. The van der Waals surface area contributed by atoms with Gasteiger partial charge in [0.2, 0.25) is 11.8 Å². The number of rotatable bonds is 2. The quantitative estimate of drug-likeness (QED) is 0.767. The molecule has 0 radical (unpaired) electrons. The van der Waals surface area contributed by atoms with Gasteiger partial charge in [0.1, 0.15) is 0 Å². The van der Waals surface area contributed by atoms with E-state index in [0.29, 0.717) is 25.4 Å². The first-order valence-electron chi connectivity index (χ1n) is 7.67. The van der Waals surface area contributed by atoms with Crippen LogP contribution < -0.4 is 11.5 Å². The second kappa shape index (κ2) is 6.75. The maximum Gasteiger partial charge on any atom is 0.224 e. The minimum Gasteiger partial charge on any atom is -0.339 e. The predicted molar refractivity (Wildman–Crippen MR) is 83.5 cm³/mol. The first-order valence-corrected chi connectivity index (χ1v) is 7.67. The molecule has 2 amide bonds. The van der Waals surface area contributed by atoms with Crippen molar-refractivity contribution in [3.05, 3.63) is 0 Å². The molecule has 6 nitrogen and oxygen atoms in total. The molecule has 6 heteroatoms. The van der Waals surface area contributed by atoms with Gasteiger partial charge in [-0.25, -0.2) is 0 Å². The molecule has 0 aliphatic carbocycles. The molecule has 2 rings (SSSR count). The Hall–Kier alpha value is -1.14. The number of likely N-dealkylation sites (tertiary alicyclic amines) is 2. The summed E-state index contributed by atoms with van der Waals surface area (Å²) < 4.78 is 0. The Balaban J connectivity index is 0.000000211. The van der Waals surface area contributed by atoms with Crippen LogP contribution >= 0.6 is 0 Å². The second-order valence-electron chi connectivity index (χ2n) is 7.05. The molecule has 0 bridgehead atoms. The fraction of sp³-hybridized carbons (Fsp3) is 0.867. The third-order valence-electron chi connectivity index (χ3n) is 3.84. The second-order valence-corrected chi connectivity index (χ2v) is 7.05. The van der Waals surface area contributed by atoms with Crippen LogP contribution in [0.15, 0.2) is 0 Å². The molecule has 21 heavy (non-hydrogen) atoms. The number of nitrogens with zero attached hydrogens (tertiary/aromatic N) is 2. The third-order valence-corrected chi connectivity index (χ3v) is 3.84. The Morgan fingerprint density at radius 3 is 1.81 bits per heavy atom. The largest absolute Gasteiger partial charge is 0.339 e. The number of hydrogen-bond acceptors (Lipinski definition) is 4. The highest BCUT2D eigenvalue weighted by Gasteiger charge is 2.37. The van der Waals surface area contributed by atoms with E-state index >= 15 is 0 Å². The van der Waals surface area contributed by atoms with Gasteiger partial charge in [0.15, 0.2) is 0 Å². The Bertz CT molecular complexity index is 393. The van der Waals surface area contributed by atoms with Gasteiger partial charge in [-0.15, -0.1) is 0 Å². The van der Waals surface area contributed by atoms with E-state index in [9.17, 15) is 9.59 Å². The van der Waals surface area contributed by atoms with Crippen molar-refractivity contribution >= 4 is 11.8 Å². The maximum atomic E-state index is 11.3. The summed E-state index contributed by atoms with van der Waals surface area (Å²) in [5, 5.41) is 0. The molecule has 122 valence electrons. The summed E-state index contributed by atoms with van der Waals surface area (Å²) in [6, 6.07) is 0.656. The minimum absolute atomic E-state index is 0.0647. The van der Waals surface area contributed by atoms with Crippen molar-refractivity contribution in [3.8, 4) is 0 Å². The summed E-state index contributed by atoms with van der Waals surface area (Å²) in [6.07, 6.45) is 1.02. The molecule has 2 aliphatic heterocycles. The van der Waals surface area contributed by atoms with Gasteiger partial charge < -0.3 is 21.3 Å². The van der Waals surface area contributed by atoms with E-state index in [1.54, 1.807) is 0 Å². The lowest BCUT2D eigenvalue weighted by molar-refractivity contribution is -0.129. The van der Waals surface area contributed by atoms with Gasteiger partial charge in [0, 0.05) is 49.6 Å². The standard InChI is InChI=1S/C8H16N2O.C7H14N2O/c1-6(2)10-5-8(3,9)4-7(10)11;1-5(2)9-4-6(8)3-7(9)10/h6H,4-5,9H2,1-3H3;5-6H,3-4,8H2,1-2H3. The van der Waals surface area contributed by atoms with Crippen LogP contribution in [0.5, 0.6) is 0 Å². The molecule has 2 atom stereocenters. The average molecular weight is 298 g/mol. The van der Waals surface area contributed by atoms with Crippen molar-refractivity contribution in [1.29, 1.82) is 0 Å². The van der Waals surface area contributed by atoms with E-state index in [0.717, 1.165) is 6.54 Å². The molecule has 2 fully saturated rings. The van der Waals surface area contributed by atoms with Gasteiger partial charge in [-0.1, -0.05) is 0 Å². The van der Waals surface area contributed by atoms with E-state index in [1.165, 1.54) is 0 Å². The first-order chi connectivity index (χ1) is 9.53. The number of amides is 2. The zero-order chi connectivity index (χ0) is 16.4. The number of hydrogen-bond donors (Lipinski definition) is 2. The van der Waals surface area contributed by atoms with E-state index in [-0.39, 0.29) is 29.4 Å². The molecule has 0 aromatic rings. The van der Waals surface area contributed by atoms with E-state index in [4.69, 9.17) is 11.5 Å². The van der Waals surface area contributed by atoms with Crippen LogP contribution in [0.2, 0.25) is 0 Å². The van der Waals surface area contributed by atoms with Gasteiger partial charge in [0.25, 0.3) is 0 Å². The zero-order valence-corrected chi connectivity index (χ0v) is 13.9. The van der Waals surface area contributed by atoms with Gasteiger partial charge in [-0.05, 0) is 34.6 Å². The first kappa shape index (κ1) is 17.9. The highest BCUT2D eigenvalue weighted by molar-refractivity contribution is 5.80. The van der Waals surface area contributed by atoms with Crippen LogP contribution in [0.4, 0.5) is 0 Å². The van der Waals surface area contributed by atoms with Crippen molar-refractivity contribution in [1.82, 2.24) is 9.80 Å². The van der Waals surface area contributed by atoms with E-state index in [2.05, 4.69) is 0 Å². The Labute approximate surface area is 127 Å². The molecule has 2 aliphatic rings. The Morgan fingerprint density at radius 1 is 1.10 bits per heavy atom. The molecule has 0 aromatic heterocycles. The lowest BCUT2D eigenvalue weighted by Gasteiger charge is -2.22. The lowest BCUT2D eigenvalue weighted by Crippen LogP contribution is -2.41. The summed E-state index contributed by atoms with van der Waals surface area (Å²) in [5.41, 5.74) is 11.1. The molecule has 2 unspecified atom stereocenters. The topological polar surface area (TPSA) is 92.7 Å². The molecule has 2 heterocycles. The molecule has 0 aromatic carbocycles. The van der Waals surface area contributed by atoms with Crippen LogP contribution in [0.3, 0.4) is 0 Å². The molecule has 0 spiro atoms. The van der Waals surface area contributed by atoms with Crippen molar-refractivity contribution in [3.63, 3.8) is 0 Å². The van der Waals surface area contributed by atoms with Crippen LogP contribution in [0.25, 0.3) is 0 Å². The van der Waals surface area contributed by atoms with Crippen molar-refractivity contribution < 1.29 is 9.59 Å². The highest BCUT2D eigenvalue weighted by Crippen LogP contribution is 2.20. The van der Waals surface area contributed by atoms with Crippen LogP contribution in [-0.2, 0) is 9.59 Å². The molecular weight excluding hydrogens is 268 g/mol. The summed E-state index contributed by atoms with van der Waals surface area (Å²) in [7, 11) is 0. The van der Waals surface area contributed by atoms with Crippen LogP contribution in [-0.4, -0.2) is 58.4 Å². The van der Waals surface area contributed by atoms with E-state index in [1.807, 2.05) is 44.4 Å². The Morgan fingerprint density at radius 2 is 1.62 bits per heavy atom. The van der Waals surface area contributed by atoms with Crippen molar-refractivity contribution in [2.75, 3.05) is 13.1 Å². The van der Waals surface area contributed by atoms with Crippen molar-refractivity contribution in [2.24, 2.45) is 11.5 Å².